The van der Waals surface area contributed by atoms with Gasteiger partial charge in [0.15, 0.2) is 0 Å². The molecular weight excluding hydrogens is 153 g/mol. The van der Waals surface area contributed by atoms with E-state index in [1.54, 1.807) is 0 Å². The summed E-state index contributed by atoms with van der Waals surface area (Å²) >= 11 is 0. The van der Waals surface area contributed by atoms with Crippen molar-refractivity contribution in [3.8, 4) is 0 Å². The molecule has 0 spiro atoms. The summed E-state index contributed by atoms with van der Waals surface area (Å²) in [6.45, 7) is 4.09. The van der Waals surface area contributed by atoms with Crippen LogP contribution < -0.4 is 5.23 Å². The van der Waals surface area contributed by atoms with Crippen molar-refractivity contribution in [1.82, 2.24) is 5.23 Å². The highest BCUT2D eigenvalue weighted by Crippen LogP contribution is 2.27. The molecular formula is C8H18BNO2. The average Bonchev–Trinajstić information content (AvgIpc) is 2.33. The van der Waals surface area contributed by atoms with Gasteiger partial charge in [-0.1, -0.05) is 13.8 Å². The minimum atomic E-state index is -0.284. The Balaban J connectivity index is 2.48. The smallest absolute Gasteiger partial charge is 0.234 e. The zero-order chi connectivity index (χ0) is 9.14. The van der Waals surface area contributed by atoms with Crippen molar-refractivity contribution in [2.45, 2.75) is 38.5 Å². The fourth-order valence-electron chi connectivity index (χ4n) is 1.76. The molecule has 0 aromatic heterocycles. The van der Waals surface area contributed by atoms with Crippen LogP contribution >= 0.6 is 0 Å². The normalized spacial score (nSPS) is 41.7. The third kappa shape index (κ3) is 1.81. The molecule has 3 nitrogen and oxygen atoms in total. The van der Waals surface area contributed by atoms with Crippen molar-refractivity contribution >= 4 is 7.41 Å². The SMILES string of the molecule is CC[C@H]1O[C@@H](BNC)C(C)[C@H]1O. The summed E-state index contributed by atoms with van der Waals surface area (Å²) in [7, 11) is 2.73. The van der Waals surface area contributed by atoms with Crippen LogP contribution in [0, 0.1) is 5.92 Å². The molecule has 1 aliphatic heterocycles. The van der Waals surface area contributed by atoms with Crippen LogP contribution in [0.2, 0.25) is 0 Å². The molecule has 2 N–H and O–H groups in total. The highest BCUT2D eigenvalue weighted by atomic mass is 16.5. The van der Waals surface area contributed by atoms with E-state index in [1.165, 1.54) is 0 Å². The van der Waals surface area contributed by atoms with E-state index >= 15 is 0 Å². The van der Waals surface area contributed by atoms with E-state index < -0.39 is 0 Å². The van der Waals surface area contributed by atoms with Gasteiger partial charge in [0.05, 0.1) is 18.2 Å². The Morgan fingerprint density at radius 1 is 1.58 bits per heavy atom. The lowest BCUT2D eigenvalue weighted by Crippen LogP contribution is -2.33. The molecule has 0 aliphatic carbocycles. The standard InChI is InChI=1S/C8H18BNO2/c1-4-6-7(11)5(2)8(12-6)9-10-3/h5-11H,4H2,1-3H3/t5?,6-,7-,8-/m1/s1. The van der Waals surface area contributed by atoms with Crippen molar-refractivity contribution in [1.29, 1.82) is 0 Å². The van der Waals surface area contributed by atoms with Gasteiger partial charge in [0.25, 0.3) is 0 Å². The van der Waals surface area contributed by atoms with Gasteiger partial charge in [-0.25, -0.2) is 0 Å². The third-order valence-corrected chi connectivity index (χ3v) is 2.66. The van der Waals surface area contributed by atoms with Crippen molar-refractivity contribution in [2.75, 3.05) is 7.05 Å². The Hall–Kier alpha value is -0.0551. The van der Waals surface area contributed by atoms with E-state index in [9.17, 15) is 5.11 Å². The number of hydrogen-bond acceptors (Lipinski definition) is 3. The molecule has 1 fully saturated rings. The number of nitrogens with one attached hydrogen (secondary N) is 1. The molecule has 12 heavy (non-hydrogen) atoms. The summed E-state index contributed by atoms with van der Waals surface area (Å²) in [5, 5.41) is 12.8. The largest absolute Gasteiger partial charge is 0.390 e. The summed E-state index contributed by atoms with van der Waals surface area (Å²) in [5.41, 5.74) is 0. The topological polar surface area (TPSA) is 41.5 Å². The van der Waals surface area contributed by atoms with Gasteiger partial charge in [-0.15, -0.1) is 0 Å². The minimum absolute atomic E-state index is 0.0401. The van der Waals surface area contributed by atoms with Gasteiger partial charge in [-0.05, 0) is 13.5 Å². The van der Waals surface area contributed by atoms with E-state index in [1.807, 2.05) is 20.9 Å². The molecule has 0 aromatic carbocycles. The van der Waals surface area contributed by atoms with Gasteiger partial charge < -0.3 is 15.1 Å². The number of aliphatic hydroxyl groups excluding tert-OH is 1. The van der Waals surface area contributed by atoms with Crippen molar-refractivity contribution < 1.29 is 9.84 Å². The Morgan fingerprint density at radius 3 is 2.67 bits per heavy atom. The maximum Gasteiger partial charge on any atom is 0.234 e. The number of hydrogen-bond donors (Lipinski definition) is 2. The molecule has 4 heteroatoms. The van der Waals surface area contributed by atoms with Gasteiger partial charge in [-0.3, -0.25) is 0 Å². The molecule has 0 aromatic rings. The van der Waals surface area contributed by atoms with E-state index in [2.05, 4.69) is 5.23 Å². The van der Waals surface area contributed by atoms with Crippen LogP contribution in [-0.4, -0.2) is 37.8 Å². The van der Waals surface area contributed by atoms with Crippen molar-refractivity contribution in [3.63, 3.8) is 0 Å². The summed E-state index contributed by atoms with van der Waals surface area (Å²) < 4.78 is 5.66. The van der Waals surface area contributed by atoms with E-state index in [0.29, 0.717) is 0 Å². The zero-order valence-electron chi connectivity index (χ0n) is 8.08. The second-order valence-corrected chi connectivity index (χ2v) is 3.53. The first-order valence-electron chi connectivity index (χ1n) is 4.68. The third-order valence-electron chi connectivity index (χ3n) is 2.66. The first kappa shape index (κ1) is 10.0. The highest BCUT2D eigenvalue weighted by molar-refractivity contribution is 6.34. The second kappa shape index (κ2) is 4.26. The molecule has 1 heterocycles. The predicted molar refractivity (Wildman–Crippen MR) is 50.3 cm³/mol. The monoisotopic (exact) mass is 171 g/mol. The van der Waals surface area contributed by atoms with E-state index in [4.69, 9.17) is 4.74 Å². The van der Waals surface area contributed by atoms with E-state index in [0.717, 1.165) is 13.8 Å². The Morgan fingerprint density at radius 2 is 2.25 bits per heavy atom. The first-order valence-corrected chi connectivity index (χ1v) is 4.68. The maximum absolute atomic E-state index is 9.70. The maximum atomic E-state index is 9.70. The van der Waals surface area contributed by atoms with Crippen LogP contribution in [-0.2, 0) is 4.74 Å². The van der Waals surface area contributed by atoms with E-state index in [-0.39, 0.29) is 24.1 Å². The van der Waals surface area contributed by atoms with Crippen LogP contribution in [0.25, 0.3) is 0 Å². The van der Waals surface area contributed by atoms with Crippen LogP contribution in [0.3, 0.4) is 0 Å². The Bertz CT molecular complexity index is 145. The molecule has 4 atom stereocenters. The first-order chi connectivity index (χ1) is 5.70. The molecule has 0 radical (unpaired) electrons. The van der Waals surface area contributed by atoms with Crippen molar-refractivity contribution in [2.24, 2.45) is 5.92 Å². The Kier molecular flexibility index (Phi) is 3.56. The zero-order valence-corrected chi connectivity index (χ0v) is 8.08. The number of aliphatic hydroxyl groups is 1. The molecule has 1 aliphatic rings. The minimum Gasteiger partial charge on any atom is -0.390 e. The molecule has 1 unspecified atom stereocenters. The molecule has 0 saturated carbocycles. The summed E-state index contributed by atoms with van der Waals surface area (Å²) in [4.78, 5) is 0. The molecule has 1 saturated heterocycles. The molecule has 70 valence electrons. The summed E-state index contributed by atoms with van der Waals surface area (Å²) in [5.74, 6) is 0.252. The lowest BCUT2D eigenvalue weighted by atomic mass is 9.77. The highest BCUT2D eigenvalue weighted by Gasteiger charge is 2.39. The average molecular weight is 171 g/mol. The molecule has 0 bridgehead atoms. The van der Waals surface area contributed by atoms with Gasteiger partial charge >= 0.3 is 0 Å². The quantitative estimate of drug-likeness (QED) is 0.572. The molecule has 1 rings (SSSR count). The lowest BCUT2D eigenvalue weighted by molar-refractivity contribution is 0.0285. The molecule has 0 amide bonds. The number of rotatable bonds is 3. The van der Waals surface area contributed by atoms with Gasteiger partial charge in [0, 0.05) is 5.92 Å². The van der Waals surface area contributed by atoms with Crippen molar-refractivity contribution in [3.05, 3.63) is 0 Å². The second-order valence-electron chi connectivity index (χ2n) is 3.53. The fourth-order valence-corrected chi connectivity index (χ4v) is 1.76. The fraction of sp³-hybridized carbons (Fsp3) is 1.00. The predicted octanol–water partition coefficient (Wildman–Crippen LogP) is -0.311. The Labute approximate surface area is 74.8 Å². The lowest BCUT2D eigenvalue weighted by Gasteiger charge is -2.12. The van der Waals surface area contributed by atoms with Gasteiger partial charge in [0.2, 0.25) is 7.41 Å². The summed E-state index contributed by atoms with van der Waals surface area (Å²) in [6.07, 6.45) is 0.651. The van der Waals surface area contributed by atoms with Gasteiger partial charge in [-0.2, -0.15) is 0 Å². The van der Waals surface area contributed by atoms with Crippen LogP contribution in [0.4, 0.5) is 0 Å². The summed E-state index contributed by atoms with van der Waals surface area (Å²) in [6, 6.07) is 0.176. The van der Waals surface area contributed by atoms with Crippen LogP contribution in [0.1, 0.15) is 20.3 Å². The van der Waals surface area contributed by atoms with Crippen LogP contribution in [0.5, 0.6) is 0 Å². The van der Waals surface area contributed by atoms with Gasteiger partial charge in [0.1, 0.15) is 0 Å². The van der Waals surface area contributed by atoms with Crippen LogP contribution in [0.15, 0.2) is 0 Å². The number of ether oxygens (including phenoxy) is 1.